The van der Waals surface area contributed by atoms with Gasteiger partial charge >= 0.3 is 0 Å². The summed E-state index contributed by atoms with van der Waals surface area (Å²) in [4.78, 5) is 12.5. The third-order valence-corrected chi connectivity index (χ3v) is 3.53. The molecule has 0 unspecified atom stereocenters. The van der Waals surface area contributed by atoms with Gasteiger partial charge in [0.05, 0.1) is 16.8 Å². The summed E-state index contributed by atoms with van der Waals surface area (Å²) >= 11 is 1.54. The van der Waals surface area contributed by atoms with Crippen LogP contribution in [-0.4, -0.2) is 15.9 Å². The molecule has 3 nitrogen and oxygen atoms in total. The summed E-state index contributed by atoms with van der Waals surface area (Å²) in [5.41, 5.74) is 2.58. The number of fused-ring (bicyclic) bond motifs is 3. The molecule has 66 valence electrons. The normalized spacial score (nSPS) is 15.1. The molecule has 13 heavy (non-hydrogen) atoms. The molecule has 4 heteroatoms. The maximum atomic E-state index is 10.5. The van der Waals surface area contributed by atoms with E-state index in [2.05, 4.69) is 5.10 Å². The topological polar surface area (TPSA) is 34.4 Å². The molecule has 0 N–H and O–H groups in total. The first-order chi connectivity index (χ1) is 6.38. The molecule has 0 aliphatic heterocycles. The Bertz CT molecular complexity index is 483. The van der Waals surface area contributed by atoms with Crippen molar-refractivity contribution in [1.82, 2.24) is 9.61 Å². The number of aryl methyl sites for hydroxylation is 2. The molecule has 0 saturated carbocycles. The lowest BCUT2D eigenvalue weighted by molar-refractivity contribution is 0.112. The summed E-state index contributed by atoms with van der Waals surface area (Å²) in [7, 11) is 0. The fraction of sp³-hybridized carbons (Fsp3) is 0.333. The maximum Gasteiger partial charge on any atom is 0.161 e. The monoisotopic (exact) mass is 192 g/mol. The molecule has 2 heterocycles. The number of aldehydes is 1. The van der Waals surface area contributed by atoms with Gasteiger partial charge in [-0.3, -0.25) is 4.79 Å². The van der Waals surface area contributed by atoms with E-state index in [-0.39, 0.29) is 0 Å². The lowest BCUT2D eigenvalue weighted by atomic mass is 10.3. The van der Waals surface area contributed by atoms with E-state index in [1.54, 1.807) is 11.3 Å². The Balaban J connectivity index is 2.33. The second-order valence-electron chi connectivity index (χ2n) is 3.28. The zero-order valence-corrected chi connectivity index (χ0v) is 7.80. The van der Waals surface area contributed by atoms with Crippen molar-refractivity contribution in [3.63, 3.8) is 0 Å². The highest BCUT2D eigenvalue weighted by atomic mass is 32.1. The Morgan fingerprint density at radius 1 is 1.54 bits per heavy atom. The van der Waals surface area contributed by atoms with Crippen LogP contribution in [0.15, 0.2) is 6.20 Å². The fourth-order valence-corrected chi connectivity index (χ4v) is 2.85. The van der Waals surface area contributed by atoms with Gasteiger partial charge in [0.15, 0.2) is 6.29 Å². The molecule has 0 atom stereocenters. The SMILES string of the molecule is O=Cc1cn2nc3c(c2s1)CCC3. The predicted molar refractivity (Wildman–Crippen MR) is 50.5 cm³/mol. The average molecular weight is 192 g/mol. The second kappa shape index (κ2) is 2.42. The standard InChI is InChI=1S/C9H8N2OS/c12-5-6-4-11-9(13-6)7-2-1-3-8(7)10-11/h4-5H,1-3H2. The zero-order chi connectivity index (χ0) is 8.84. The fourth-order valence-electron chi connectivity index (χ4n) is 1.89. The van der Waals surface area contributed by atoms with E-state index in [9.17, 15) is 4.79 Å². The average Bonchev–Trinajstić information content (AvgIpc) is 2.72. The molecule has 0 aromatic carbocycles. The molecule has 0 bridgehead atoms. The molecule has 2 aromatic heterocycles. The number of hydrogen-bond donors (Lipinski definition) is 0. The summed E-state index contributed by atoms with van der Waals surface area (Å²) in [5, 5.41) is 4.43. The van der Waals surface area contributed by atoms with Gasteiger partial charge in [-0.05, 0) is 19.3 Å². The van der Waals surface area contributed by atoms with Gasteiger partial charge < -0.3 is 0 Å². The maximum absolute atomic E-state index is 10.5. The van der Waals surface area contributed by atoms with Crippen LogP contribution in [0.3, 0.4) is 0 Å². The van der Waals surface area contributed by atoms with Gasteiger partial charge in [-0.25, -0.2) is 4.52 Å². The molecule has 1 aliphatic carbocycles. The number of carbonyl (C=O) groups is 1. The van der Waals surface area contributed by atoms with Crippen molar-refractivity contribution in [1.29, 1.82) is 0 Å². The van der Waals surface area contributed by atoms with Crippen LogP contribution in [0.2, 0.25) is 0 Å². The lowest BCUT2D eigenvalue weighted by Gasteiger charge is -1.83. The Morgan fingerprint density at radius 3 is 3.31 bits per heavy atom. The van der Waals surface area contributed by atoms with Gasteiger partial charge in [0, 0.05) is 5.56 Å². The van der Waals surface area contributed by atoms with Crippen LogP contribution in [0.1, 0.15) is 27.3 Å². The number of carbonyl (C=O) groups excluding carboxylic acids is 1. The van der Waals surface area contributed by atoms with Crippen LogP contribution < -0.4 is 0 Å². The van der Waals surface area contributed by atoms with Crippen molar-refractivity contribution in [3.05, 3.63) is 22.3 Å². The van der Waals surface area contributed by atoms with Crippen LogP contribution in [0.25, 0.3) is 4.83 Å². The molecule has 0 amide bonds. The molecule has 0 radical (unpaired) electrons. The minimum absolute atomic E-state index is 0.761. The van der Waals surface area contributed by atoms with Gasteiger partial charge in [0.1, 0.15) is 4.83 Å². The quantitative estimate of drug-likeness (QED) is 0.644. The van der Waals surface area contributed by atoms with Crippen LogP contribution in [0.5, 0.6) is 0 Å². The largest absolute Gasteiger partial charge is 0.297 e. The highest BCUT2D eigenvalue weighted by Gasteiger charge is 2.19. The second-order valence-corrected chi connectivity index (χ2v) is 4.34. The summed E-state index contributed by atoms with van der Waals surface area (Å²) in [5.74, 6) is 0. The Labute approximate surface area is 79.0 Å². The Morgan fingerprint density at radius 2 is 2.46 bits per heavy atom. The van der Waals surface area contributed by atoms with Crippen LogP contribution in [-0.2, 0) is 12.8 Å². The zero-order valence-electron chi connectivity index (χ0n) is 6.99. The van der Waals surface area contributed by atoms with Crippen molar-refractivity contribution in [2.45, 2.75) is 19.3 Å². The number of thiazole rings is 1. The molecule has 2 aromatic rings. The first kappa shape index (κ1) is 7.26. The van der Waals surface area contributed by atoms with E-state index >= 15 is 0 Å². The van der Waals surface area contributed by atoms with Crippen LogP contribution in [0.4, 0.5) is 0 Å². The highest BCUT2D eigenvalue weighted by Crippen LogP contribution is 2.29. The van der Waals surface area contributed by atoms with Crippen molar-refractivity contribution in [3.8, 4) is 0 Å². The van der Waals surface area contributed by atoms with E-state index in [1.807, 2.05) is 10.7 Å². The summed E-state index contributed by atoms with van der Waals surface area (Å²) < 4.78 is 1.85. The highest BCUT2D eigenvalue weighted by molar-refractivity contribution is 7.19. The van der Waals surface area contributed by atoms with Crippen molar-refractivity contribution < 1.29 is 4.79 Å². The third-order valence-electron chi connectivity index (χ3n) is 2.46. The van der Waals surface area contributed by atoms with Crippen molar-refractivity contribution in [2.24, 2.45) is 0 Å². The van der Waals surface area contributed by atoms with E-state index in [0.29, 0.717) is 0 Å². The van der Waals surface area contributed by atoms with E-state index in [0.717, 1.165) is 28.8 Å². The third kappa shape index (κ3) is 0.891. The Hall–Kier alpha value is -1.16. The summed E-state index contributed by atoms with van der Waals surface area (Å²) in [6.07, 6.45) is 6.13. The van der Waals surface area contributed by atoms with Crippen LogP contribution in [0, 0.1) is 0 Å². The van der Waals surface area contributed by atoms with E-state index < -0.39 is 0 Å². The van der Waals surface area contributed by atoms with Crippen LogP contribution >= 0.6 is 11.3 Å². The first-order valence-electron chi connectivity index (χ1n) is 4.33. The summed E-state index contributed by atoms with van der Waals surface area (Å²) in [6.45, 7) is 0. The molecule has 3 rings (SSSR count). The number of rotatable bonds is 1. The van der Waals surface area contributed by atoms with E-state index in [4.69, 9.17) is 0 Å². The number of nitrogens with zero attached hydrogens (tertiary/aromatic N) is 2. The summed E-state index contributed by atoms with van der Waals surface area (Å²) in [6, 6.07) is 0. The molecule has 0 fully saturated rings. The first-order valence-corrected chi connectivity index (χ1v) is 5.15. The smallest absolute Gasteiger partial charge is 0.161 e. The molecule has 0 spiro atoms. The van der Waals surface area contributed by atoms with Gasteiger partial charge in [-0.1, -0.05) is 0 Å². The van der Waals surface area contributed by atoms with Gasteiger partial charge in [0.25, 0.3) is 0 Å². The van der Waals surface area contributed by atoms with Gasteiger partial charge in [0.2, 0.25) is 0 Å². The Kier molecular flexibility index (Phi) is 1.35. The number of aromatic nitrogens is 2. The molecular weight excluding hydrogens is 184 g/mol. The molecular formula is C9H8N2OS. The molecule has 1 aliphatic rings. The van der Waals surface area contributed by atoms with Crippen molar-refractivity contribution in [2.75, 3.05) is 0 Å². The molecule has 0 saturated heterocycles. The van der Waals surface area contributed by atoms with E-state index in [1.165, 1.54) is 17.7 Å². The number of hydrogen-bond acceptors (Lipinski definition) is 3. The minimum Gasteiger partial charge on any atom is -0.297 e. The predicted octanol–water partition coefficient (Wildman–Crippen LogP) is 1.70. The minimum atomic E-state index is 0.761. The van der Waals surface area contributed by atoms with Gasteiger partial charge in [-0.2, -0.15) is 5.10 Å². The van der Waals surface area contributed by atoms with Gasteiger partial charge in [-0.15, -0.1) is 11.3 Å². The lowest BCUT2D eigenvalue weighted by Crippen LogP contribution is -1.84. The van der Waals surface area contributed by atoms with Crippen molar-refractivity contribution >= 4 is 22.5 Å².